The Labute approximate surface area is 131 Å². The first kappa shape index (κ1) is 14.2. The molecule has 0 bridgehead atoms. The molecule has 0 atom stereocenters. The second kappa shape index (κ2) is 5.99. The monoisotopic (exact) mass is 303 g/mol. The molecule has 1 aromatic rings. The summed E-state index contributed by atoms with van der Waals surface area (Å²) in [6.45, 7) is 3.63. The van der Waals surface area contributed by atoms with Crippen molar-refractivity contribution in [3.05, 3.63) is 11.6 Å². The van der Waals surface area contributed by atoms with E-state index >= 15 is 0 Å². The molecule has 22 heavy (non-hydrogen) atoms. The third-order valence-electron chi connectivity index (χ3n) is 5.18. The van der Waals surface area contributed by atoms with Gasteiger partial charge in [0, 0.05) is 38.0 Å². The van der Waals surface area contributed by atoms with Crippen LogP contribution in [-0.2, 0) is 17.9 Å². The predicted molar refractivity (Wildman–Crippen MR) is 82.3 cm³/mol. The molecule has 0 spiro atoms. The lowest BCUT2D eigenvalue weighted by molar-refractivity contribution is -0.122. The zero-order valence-corrected chi connectivity index (χ0v) is 13.1. The maximum atomic E-state index is 12.0. The fraction of sp³-hybridized carbons (Fsp3) is 0.812. The first-order valence-electron chi connectivity index (χ1n) is 8.73. The number of hydrogen-bond donors (Lipinski definition) is 1. The highest BCUT2D eigenvalue weighted by molar-refractivity contribution is 5.76. The van der Waals surface area contributed by atoms with Crippen molar-refractivity contribution in [3.8, 4) is 0 Å². The van der Waals surface area contributed by atoms with Gasteiger partial charge in [-0.15, -0.1) is 10.2 Å². The predicted octanol–water partition coefficient (Wildman–Crippen LogP) is 1.42. The summed E-state index contributed by atoms with van der Waals surface area (Å²) in [4.78, 5) is 14.3. The van der Waals surface area contributed by atoms with Gasteiger partial charge in [-0.25, -0.2) is 0 Å². The minimum atomic E-state index is 0.206. The number of aromatic nitrogens is 3. The fourth-order valence-corrected chi connectivity index (χ4v) is 3.69. The van der Waals surface area contributed by atoms with E-state index in [-0.39, 0.29) is 5.91 Å². The Kier molecular flexibility index (Phi) is 3.86. The van der Waals surface area contributed by atoms with Crippen LogP contribution in [0.1, 0.15) is 62.5 Å². The van der Waals surface area contributed by atoms with Gasteiger partial charge in [0.1, 0.15) is 11.6 Å². The lowest BCUT2D eigenvalue weighted by Crippen LogP contribution is -2.38. The molecule has 1 amide bonds. The van der Waals surface area contributed by atoms with E-state index in [2.05, 4.69) is 25.0 Å². The lowest BCUT2D eigenvalue weighted by atomic mass is 10.2. The molecule has 120 valence electrons. The van der Waals surface area contributed by atoms with E-state index in [1.165, 1.54) is 31.5 Å². The van der Waals surface area contributed by atoms with E-state index in [4.69, 9.17) is 0 Å². The zero-order valence-electron chi connectivity index (χ0n) is 13.1. The highest BCUT2D eigenvalue weighted by Crippen LogP contribution is 2.39. The van der Waals surface area contributed by atoms with E-state index in [9.17, 15) is 4.79 Å². The largest absolute Gasteiger partial charge is 0.353 e. The van der Waals surface area contributed by atoms with Gasteiger partial charge in [0.15, 0.2) is 0 Å². The Morgan fingerprint density at radius 2 is 1.95 bits per heavy atom. The molecule has 0 saturated heterocycles. The van der Waals surface area contributed by atoms with Gasteiger partial charge in [-0.2, -0.15) is 0 Å². The molecule has 3 aliphatic rings. The summed E-state index contributed by atoms with van der Waals surface area (Å²) in [7, 11) is 0. The Balaban J connectivity index is 1.26. The summed E-state index contributed by atoms with van der Waals surface area (Å²) >= 11 is 0. The third kappa shape index (κ3) is 3.02. The number of fused-ring (bicyclic) bond motifs is 1. The van der Waals surface area contributed by atoms with Gasteiger partial charge in [-0.3, -0.25) is 9.69 Å². The van der Waals surface area contributed by atoms with Crippen molar-refractivity contribution >= 4 is 5.91 Å². The molecule has 6 nitrogen and oxygen atoms in total. The molecule has 2 heterocycles. The molecule has 0 radical (unpaired) electrons. The van der Waals surface area contributed by atoms with Crippen LogP contribution in [0.15, 0.2) is 0 Å². The van der Waals surface area contributed by atoms with Gasteiger partial charge in [-0.1, -0.05) is 12.8 Å². The topological polar surface area (TPSA) is 63.1 Å². The van der Waals surface area contributed by atoms with Gasteiger partial charge < -0.3 is 9.88 Å². The van der Waals surface area contributed by atoms with Crippen LogP contribution < -0.4 is 5.32 Å². The SMILES string of the molecule is O=C(CCN1CCn2c(nnc2C2CC2)C1)NC1CCCC1. The molecule has 0 unspecified atom stereocenters. The van der Waals surface area contributed by atoms with E-state index in [0.717, 1.165) is 44.8 Å². The van der Waals surface area contributed by atoms with E-state index in [1.807, 2.05) is 0 Å². The first-order chi connectivity index (χ1) is 10.8. The number of hydrogen-bond acceptors (Lipinski definition) is 4. The van der Waals surface area contributed by atoms with Crippen molar-refractivity contribution in [2.24, 2.45) is 0 Å². The number of nitrogens with one attached hydrogen (secondary N) is 1. The number of carbonyl (C=O) groups is 1. The number of nitrogens with zero attached hydrogens (tertiary/aromatic N) is 4. The van der Waals surface area contributed by atoms with E-state index < -0.39 is 0 Å². The van der Waals surface area contributed by atoms with Crippen molar-refractivity contribution < 1.29 is 4.79 Å². The zero-order chi connectivity index (χ0) is 14.9. The summed E-state index contributed by atoms with van der Waals surface area (Å²) in [6, 6.07) is 0.429. The van der Waals surface area contributed by atoms with E-state index in [0.29, 0.717) is 18.4 Å². The Morgan fingerprint density at radius 3 is 2.73 bits per heavy atom. The second-order valence-corrected chi connectivity index (χ2v) is 6.98. The lowest BCUT2D eigenvalue weighted by Gasteiger charge is -2.27. The van der Waals surface area contributed by atoms with Crippen molar-refractivity contribution in [2.45, 2.75) is 70.0 Å². The minimum Gasteiger partial charge on any atom is -0.353 e. The number of carbonyl (C=O) groups excluding carboxylic acids is 1. The van der Waals surface area contributed by atoms with Gasteiger partial charge in [0.25, 0.3) is 0 Å². The maximum absolute atomic E-state index is 12.0. The molecular weight excluding hydrogens is 278 g/mol. The molecule has 6 heteroatoms. The first-order valence-corrected chi connectivity index (χ1v) is 8.73. The molecule has 2 aliphatic carbocycles. The minimum absolute atomic E-state index is 0.206. The molecule has 2 fully saturated rings. The van der Waals surface area contributed by atoms with Crippen LogP contribution in [0.5, 0.6) is 0 Å². The Hall–Kier alpha value is -1.43. The average Bonchev–Trinajstić information content (AvgIpc) is 3.08. The number of amides is 1. The van der Waals surface area contributed by atoms with Crippen LogP contribution in [0.25, 0.3) is 0 Å². The third-order valence-corrected chi connectivity index (χ3v) is 5.18. The van der Waals surface area contributed by atoms with Crippen LogP contribution in [0.2, 0.25) is 0 Å². The molecular formula is C16H25N5O. The van der Waals surface area contributed by atoms with Gasteiger partial charge in [-0.05, 0) is 25.7 Å². The Bertz CT molecular complexity index is 545. The molecule has 1 aliphatic heterocycles. The standard InChI is InChI=1S/C16H25N5O/c22-15(17-13-3-1-2-4-13)7-8-20-9-10-21-14(11-20)18-19-16(21)12-5-6-12/h12-13H,1-11H2,(H,17,22). The van der Waals surface area contributed by atoms with Gasteiger partial charge >= 0.3 is 0 Å². The quantitative estimate of drug-likeness (QED) is 0.893. The van der Waals surface area contributed by atoms with Crippen LogP contribution in [-0.4, -0.2) is 44.7 Å². The summed E-state index contributed by atoms with van der Waals surface area (Å²) in [5.74, 6) is 3.13. The van der Waals surface area contributed by atoms with Crippen molar-refractivity contribution in [3.63, 3.8) is 0 Å². The molecule has 1 N–H and O–H groups in total. The highest BCUT2D eigenvalue weighted by Gasteiger charge is 2.32. The summed E-state index contributed by atoms with van der Waals surface area (Å²) < 4.78 is 2.30. The summed E-state index contributed by atoms with van der Waals surface area (Å²) in [5.41, 5.74) is 0. The van der Waals surface area contributed by atoms with Crippen LogP contribution in [0, 0.1) is 0 Å². The summed E-state index contributed by atoms with van der Waals surface area (Å²) in [5, 5.41) is 11.9. The van der Waals surface area contributed by atoms with Gasteiger partial charge in [0.2, 0.25) is 5.91 Å². The average molecular weight is 303 g/mol. The fourth-order valence-electron chi connectivity index (χ4n) is 3.69. The van der Waals surface area contributed by atoms with E-state index in [1.54, 1.807) is 0 Å². The van der Waals surface area contributed by atoms with Crippen molar-refractivity contribution in [2.75, 3.05) is 13.1 Å². The second-order valence-electron chi connectivity index (χ2n) is 6.98. The van der Waals surface area contributed by atoms with Crippen LogP contribution >= 0.6 is 0 Å². The molecule has 1 aromatic heterocycles. The molecule has 2 saturated carbocycles. The van der Waals surface area contributed by atoms with Crippen LogP contribution in [0.3, 0.4) is 0 Å². The van der Waals surface area contributed by atoms with Crippen molar-refractivity contribution in [1.82, 2.24) is 25.0 Å². The number of rotatable bonds is 5. The smallest absolute Gasteiger partial charge is 0.221 e. The van der Waals surface area contributed by atoms with Gasteiger partial charge in [0.05, 0.1) is 6.54 Å². The molecule has 0 aromatic carbocycles. The van der Waals surface area contributed by atoms with Crippen molar-refractivity contribution in [1.29, 1.82) is 0 Å². The van der Waals surface area contributed by atoms with Crippen LogP contribution in [0.4, 0.5) is 0 Å². The summed E-state index contributed by atoms with van der Waals surface area (Å²) in [6.07, 6.45) is 7.96. The normalized spacial score (nSPS) is 22.7. The molecule has 4 rings (SSSR count). The highest BCUT2D eigenvalue weighted by atomic mass is 16.1. The maximum Gasteiger partial charge on any atom is 0.221 e. The Morgan fingerprint density at radius 1 is 1.14 bits per heavy atom.